The number of aryl methyl sites for hydroxylation is 1. The highest BCUT2D eigenvalue weighted by atomic mass is 16.1. The Hall–Kier alpha value is -1.05. The van der Waals surface area contributed by atoms with Crippen LogP contribution in [0.25, 0.3) is 0 Å². The van der Waals surface area contributed by atoms with Gasteiger partial charge in [0.15, 0.2) is 0 Å². The maximum atomic E-state index is 11.4. The second-order valence-electron chi connectivity index (χ2n) is 3.21. The Morgan fingerprint density at radius 3 is 2.75 bits per heavy atom. The molecule has 2 nitrogen and oxygen atoms in total. The minimum atomic E-state index is 0.101. The van der Waals surface area contributed by atoms with Crippen LogP contribution < -0.4 is 5.56 Å². The molecule has 0 spiro atoms. The van der Waals surface area contributed by atoms with Gasteiger partial charge in [0, 0.05) is 18.3 Å². The number of hydrogen-bond donors (Lipinski definition) is 0. The van der Waals surface area contributed by atoms with Crippen LogP contribution in [-0.2, 0) is 0 Å². The third kappa shape index (κ3) is 1.76. The van der Waals surface area contributed by atoms with Crippen molar-refractivity contribution in [3.63, 3.8) is 0 Å². The fraction of sp³-hybridized carbons (Fsp3) is 0.500. The first-order valence-corrected chi connectivity index (χ1v) is 4.34. The standard InChI is InChI=1S/C10H15NO/c1-4-9(3)11-6-5-8(2)7-10(11)12/h5-7,9H,4H2,1-3H3. The van der Waals surface area contributed by atoms with Gasteiger partial charge in [-0.3, -0.25) is 4.79 Å². The molecule has 2 heteroatoms. The van der Waals surface area contributed by atoms with Crippen molar-refractivity contribution < 1.29 is 0 Å². The van der Waals surface area contributed by atoms with Gasteiger partial charge in [-0.2, -0.15) is 0 Å². The summed E-state index contributed by atoms with van der Waals surface area (Å²) in [6.45, 7) is 6.07. The topological polar surface area (TPSA) is 22.0 Å². The molecule has 0 saturated heterocycles. The van der Waals surface area contributed by atoms with E-state index in [1.165, 1.54) is 0 Å². The molecule has 0 radical (unpaired) electrons. The highest BCUT2D eigenvalue weighted by molar-refractivity contribution is 5.08. The lowest BCUT2D eigenvalue weighted by Crippen LogP contribution is -2.21. The third-order valence-corrected chi connectivity index (χ3v) is 2.17. The number of nitrogens with zero attached hydrogens (tertiary/aromatic N) is 1. The molecule has 1 atom stereocenters. The molecular weight excluding hydrogens is 150 g/mol. The van der Waals surface area contributed by atoms with Crippen molar-refractivity contribution in [1.29, 1.82) is 0 Å². The smallest absolute Gasteiger partial charge is 0.251 e. The van der Waals surface area contributed by atoms with Crippen molar-refractivity contribution in [2.75, 3.05) is 0 Å². The lowest BCUT2D eigenvalue weighted by Gasteiger charge is -2.12. The van der Waals surface area contributed by atoms with E-state index in [0.29, 0.717) is 6.04 Å². The highest BCUT2D eigenvalue weighted by Gasteiger charge is 2.02. The molecule has 1 aromatic heterocycles. The Balaban J connectivity index is 3.10. The minimum absolute atomic E-state index is 0.101. The zero-order valence-corrected chi connectivity index (χ0v) is 7.87. The molecule has 1 rings (SSSR count). The molecule has 0 aliphatic heterocycles. The molecule has 1 aromatic rings. The zero-order valence-electron chi connectivity index (χ0n) is 7.87. The largest absolute Gasteiger partial charge is 0.313 e. The molecule has 1 unspecified atom stereocenters. The average Bonchev–Trinajstić information content (AvgIpc) is 2.03. The van der Waals surface area contributed by atoms with E-state index in [-0.39, 0.29) is 5.56 Å². The van der Waals surface area contributed by atoms with E-state index in [9.17, 15) is 4.79 Å². The normalized spacial score (nSPS) is 12.9. The van der Waals surface area contributed by atoms with Crippen molar-refractivity contribution in [3.8, 4) is 0 Å². The van der Waals surface area contributed by atoms with Gasteiger partial charge in [0.2, 0.25) is 0 Å². The van der Waals surface area contributed by atoms with Gasteiger partial charge in [-0.25, -0.2) is 0 Å². The summed E-state index contributed by atoms with van der Waals surface area (Å²) in [6, 6.07) is 3.94. The molecule has 0 saturated carbocycles. The second kappa shape index (κ2) is 3.57. The predicted molar refractivity (Wildman–Crippen MR) is 50.4 cm³/mol. The SMILES string of the molecule is CCC(C)n1ccc(C)cc1=O. The van der Waals surface area contributed by atoms with Crippen LogP contribution in [0.15, 0.2) is 23.1 Å². The van der Waals surface area contributed by atoms with Crippen LogP contribution in [-0.4, -0.2) is 4.57 Å². The van der Waals surface area contributed by atoms with E-state index in [2.05, 4.69) is 13.8 Å². The summed E-state index contributed by atoms with van der Waals surface area (Å²) in [6.07, 6.45) is 2.86. The van der Waals surface area contributed by atoms with Crippen molar-refractivity contribution in [1.82, 2.24) is 4.57 Å². The van der Waals surface area contributed by atoms with Gasteiger partial charge in [0.25, 0.3) is 5.56 Å². The van der Waals surface area contributed by atoms with Gasteiger partial charge >= 0.3 is 0 Å². The average molecular weight is 165 g/mol. The molecule has 1 heterocycles. The Morgan fingerprint density at radius 1 is 1.58 bits per heavy atom. The Kier molecular flexibility index (Phi) is 2.69. The summed E-state index contributed by atoms with van der Waals surface area (Å²) >= 11 is 0. The quantitative estimate of drug-likeness (QED) is 0.658. The molecule has 12 heavy (non-hydrogen) atoms. The van der Waals surface area contributed by atoms with E-state index in [1.54, 1.807) is 10.6 Å². The van der Waals surface area contributed by atoms with Crippen molar-refractivity contribution in [3.05, 3.63) is 34.2 Å². The molecule has 66 valence electrons. The van der Waals surface area contributed by atoms with Crippen molar-refractivity contribution >= 4 is 0 Å². The van der Waals surface area contributed by atoms with Crippen LogP contribution in [0.2, 0.25) is 0 Å². The summed E-state index contributed by atoms with van der Waals surface area (Å²) < 4.78 is 1.77. The molecule has 0 aromatic carbocycles. The summed E-state index contributed by atoms with van der Waals surface area (Å²) in [5.41, 5.74) is 1.13. The summed E-state index contributed by atoms with van der Waals surface area (Å²) in [7, 11) is 0. The van der Waals surface area contributed by atoms with Crippen LogP contribution in [0.5, 0.6) is 0 Å². The molecule has 0 bridgehead atoms. The summed E-state index contributed by atoms with van der Waals surface area (Å²) in [5.74, 6) is 0. The van der Waals surface area contributed by atoms with Gasteiger partial charge in [-0.1, -0.05) is 6.92 Å². The van der Waals surface area contributed by atoms with Gasteiger partial charge in [0.05, 0.1) is 0 Å². The molecule has 0 aliphatic rings. The third-order valence-electron chi connectivity index (χ3n) is 2.17. The minimum Gasteiger partial charge on any atom is -0.313 e. The van der Waals surface area contributed by atoms with Gasteiger partial charge in [0.1, 0.15) is 0 Å². The second-order valence-corrected chi connectivity index (χ2v) is 3.21. The maximum absolute atomic E-state index is 11.4. The number of rotatable bonds is 2. The molecule has 0 aliphatic carbocycles. The van der Waals surface area contributed by atoms with Crippen molar-refractivity contribution in [2.24, 2.45) is 0 Å². The maximum Gasteiger partial charge on any atom is 0.251 e. The number of hydrogen-bond acceptors (Lipinski definition) is 1. The predicted octanol–water partition coefficient (Wildman–Crippen LogP) is 2.13. The molecule has 0 fully saturated rings. The van der Waals surface area contributed by atoms with Crippen LogP contribution in [0.1, 0.15) is 31.9 Å². The lowest BCUT2D eigenvalue weighted by atomic mass is 10.2. The Bertz CT molecular complexity index is 314. The molecule has 0 N–H and O–H groups in total. The summed E-state index contributed by atoms with van der Waals surface area (Å²) in [5, 5.41) is 0. The van der Waals surface area contributed by atoms with Crippen LogP contribution in [0.3, 0.4) is 0 Å². The first-order valence-electron chi connectivity index (χ1n) is 4.34. The lowest BCUT2D eigenvalue weighted by molar-refractivity contribution is 0.514. The monoisotopic (exact) mass is 165 g/mol. The van der Waals surface area contributed by atoms with Gasteiger partial charge in [-0.05, 0) is 31.9 Å². The molecular formula is C10H15NO. The Morgan fingerprint density at radius 2 is 2.25 bits per heavy atom. The van der Waals surface area contributed by atoms with E-state index >= 15 is 0 Å². The zero-order chi connectivity index (χ0) is 9.14. The fourth-order valence-corrected chi connectivity index (χ4v) is 1.15. The van der Waals surface area contributed by atoms with Crippen LogP contribution >= 0.6 is 0 Å². The molecule has 0 amide bonds. The first kappa shape index (κ1) is 9.04. The van der Waals surface area contributed by atoms with Gasteiger partial charge < -0.3 is 4.57 Å². The number of aromatic nitrogens is 1. The fourth-order valence-electron chi connectivity index (χ4n) is 1.15. The van der Waals surface area contributed by atoms with E-state index in [0.717, 1.165) is 12.0 Å². The van der Waals surface area contributed by atoms with E-state index in [1.807, 2.05) is 19.2 Å². The van der Waals surface area contributed by atoms with Gasteiger partial charge in [-0.15, -0.1) is 0 Å². The van der Waals surface area contributed by atoms with E-state index < -0.39 is 0 Å². The van der Waals surface area contributed by atoms with Crippen molar-refractivity contribution in [2.45, 2.75) is 33.2 Å². The number of pyridine rings is 1. The van der Waals surface area contributed by atoms with Crippen LogP contribution in [0.4, 0.5) is 0 Å². The van der Waals surface area contributed by atoms with E-state index in [4.69, 9.17) is 0 Å². The highest BCUT2D eigenvalue weighted by Crippen LogP contribution is 2.06. The first-order chi connectivity index (χ1) is 5.65. The van der Waals surface area contributed by atoms with Crippen LogP contribution in [0, 0.1) is 6.92 Å². The Labute approximate surface area is 72.8 Å². The summed E-state index contributed by atoms with van der Waals surface area (Å²) in [4.78, 5) is 11.4.